The molecule has 7 N–H and O–H groups in total. The van der Waals surface area contributed by atoms with E-state index in [-0.39, 0.29) is 0 Å². The summed E-state index contributed by atoms with van der Waals surface area (Å²) in [7, 11) is 0. The van der Waals surface area contributed by atoms with Gasteiger partial charge in [0.25, 0.3) is 0 Å². The van der Waals surface area contributed by atoms with Crippen LogP contribution in [-0.2, 0) is 25.6 Å². The van der Waals surface area contributed by atoms with Gasteiger partial charge in [0.2, 0.25) is 0 Å². The molecule has 0 atom stereocenters. The number of aromatic nitrogens is 1. The normalized spacial score (nSPS) is 12.5. The number of carboxylic acid groups (broad SMARTS) is 4. The van der Waals surface area contributed by atoms with Crippen LogP contribution in [-0.4, -0.2) is 87.0 Å². The van der Waals surface area contributed by atoms with Gasteiger partial charge in [-0.1, -0.05) is 18.6 Å². The number of ether oxygens (including phenoxy) is 1. The van der Waals surface area contributed by atoms with Gasteiger partial charge in [0.15, 0.2) is 0 Å². The zero-order chi connectivity index (χ0) is 28.3. The maximum absolute atomic E-state index is 9.10. The number of carboxylic acids is 4. The number of benzene rings is 1. The number of nitrogen functional groups attached to an aromatic ring is 1. The van der Waals surface area contributed by atoms with Crippen LogP contribution in [0.3, 0.4) is 0 Å². The van der Waals surface area contributed by atoms with Gasteiger partial charge in [0, 0.05) is 13.1 Å². The summed E-state index contributed by atoms with van der Waals surface area (Å²) < 4.78 is 5.87. The summed E-state index contributed by atoms with van der Waals surface area (Å²) in [5.74, 6) is -5.48. The van der Waals surface area contributed by atoms with E-state index in [1.54, 1.807) is 6.20 Å². The van der Waals surface area contributed by atoms with E-state index in [2.05, 4.69) is 39.5 Å². The Morgan fingerprint density at radius 2 is 1.45 bits per heavy atom. The average molecular weight is 535 g/mol. The highest BCUT2D eigenvalue weighted by Crippen LogP contribution is 2.14. The molecule has 208 valence electrons. The number of nitrogens with two attached hydrogens (primary N) is 1. The van der Waals surface area contributed by atoms with Crippen molar-refractivity contribution in [2.75, 3.05) is 43.8 Å². The quantitative estimate of drug-likeness (QED) is 0.200. The highest BCUT2D eigenvalue weighted by molar-refractivity contribution is 6.27. The molecule has 13 nitrogen and oxygen atoms in total. The molecule has 1 aliphatic heterocycles. The molecule has 1 aromatic carbocycles. The molecule has 2 heterocycles. The van der Waals surface area contributed by atoms with Crippen molar-refractivity contribution in [3.63, 3.8) is 0 Å². The van der Waals surface area contributed by atoms with Crippen LogP contribution in [0.4, 0.5) is 11.5 Å². The summed E-state index contributed by atoms with van der Waals surface area (Å²) in [6.45, 7) is 5.30. The lowest BCUT2D eigenvalue weighted by Crippen LogP contribution is -2.31. The Bertz CT molecular complexity index is 960. The molecule has 0 bridgehead atoms. The first-order valence-corrected chi connectivity index (χ1v) is 11.9. The van der Waals surface area contributed by atoms with E-state index in [0.717, 1.165) is 44.1 Å². The molecule has 0 unspecified atom stereocenters. The second-order valence-electron chi connectivity index (χ2n) is 8.12. The number of carbonyl (C=O) groups is 4. The second-order valence-corrected chi connectivity index (χ2v) is 8.12. The van der Waals surface area contributed by atoms with Crippen LogP contribution in [0, 0.1) is 0 Å². The Morgan fingerprint density at radius 3 is 1.95 bits per heavy atom. The van der Waals surface area contributed by atoms with E-state index in [4.69, 9.17) is 50.1 Å². The van der Waals surface area contributed by atoms with Gasteiger partial charge >= 0.3 is 23.9 Å². The van der Waals surface area contributed by atoms with E-state index in [1.165, 1.54) is 37.9 Å². The molecule has 1 fully saturated rings. The first-order chi connectivity index (χ1) is 18.1. The SMILES string of the molecule is Nc1ccc(NCCc2ccc(OCCCN3CCCCC3)cc2)nc1.O=C(O)C(=O)O.O=C(O)C(=O)O. The van der Waals surface area contributed by atoms with Crippen LogP contribution in [0.5, 0.6) is 5.75 Å². The third-order valence-electron chi connectivity index (χ3n) is 5.13. The Balaban J connectivity index is 0.000000503. The lowest BCUT2D eigenvalue weighted by atomic mass is 10.1. The Kier molecular flexibility index (Phi) is 14.9. The van der Waals surface area contributed by atoms with Crippen molar-refractivity contribution < 1.29 is 44.3 Å². The maximum atomic E-state index is 9.10. The van der Waals surface area contributed by atoms with Crippen LogP contribution >= 0.6 is 0 Å². The van der Waals surface area contributed by atoms with Crippen molar-refractivity contribution in [3.05, 3.63) is 48.2 Å². The van der Waals surface area contributed by atoms with Crippen molar-refractivity contribution in [2.45, 2.75) is 32.1 Å². The highest BCUT2D eigenvalue weighted by atomic mass is 16.5. The van der Waals surface area contributed by atoms with Gasteiger partial charge in [-0.3, -0.25) is 0 Å². The summed E-state index contributed by atoms with van der Waals surface area (Å²) in [5, 5.41) is 32.9. The number of aliphatic carboxylic acids is 4. The predicted octanol–water partition coefficient (Wildman–Crippen LogP) is 1.88. The number of nitrogens with zero attached hydrogens (tertiary/aromatic N) is 2. The maximum Gasteiger partial charge on any atom is 0.414 e. The van der Waals surface area contributed by atoms with Crippen LogP contribution in [0.15, 0.2) is 42.6 Å². The molecule has 1 aromatic heterocycles. The Morgan fingerprint density at radius 1 is 0.868 bits per heavy atom. The van der Waals surface area contributed by atoms with Crippen molar-refractivity contribution in [1.82, 2.24) is 9.88 Å². The molecule has 1 saturated heterocycles. The van der Waals surface area contributed by atoms with E-state index in [0.29, 0.717) is 5.69 Å². The van der Waals surface area contributed by atoms with Crippen LogP contribution < -0.4 is 15.8 Å². The molecule has 38 heavy (non-hydrogen) atoms. The lowest BCUT2D eigenvalue weighted by Gasteiger charge is -2.26. The van der Waals surface area contributed by atoms with Gasteiger partial charge in [-0.2, -0.15) is 0 Å². The Labute approximate surface area is 219 Å². The molecular formula is C25H34N4O9. The number of pyridine rings is 1. The number of nitrogens with one attached hydrogen (secondary N) is 1. The summed E-state index contributed by atoms with van der Waals surface area (Å²) in [6.07, 6.45) is 7.81. The van der Waals surface area contributed by atoms with Crippen molar-refractivity contribution in [2.24, 2.45) is 0 Å². The molecule has 0 aliphatic carbocycles. The van der Waals surface area contributed by atoms with Crippen LogP contribution in [0.1, 0.15) is 31.2 Å². The summed E-state index contributed by atoms with van der Waals surface area (Å²) in [5.41, 5.74) is 7.61. The third kappa shape index (κ3) is 14.9. The molecule has 3 rings (SSSR count). The smallest absolute Gasteiger partial charge is 0.414 e. The average Bonchev–Trinajstić information content (AvgIpc) is 2.90. The fourth-order valence-corrected chi connectivity index (χ4v) is 3.26. The first-order valence-electron chi connectivity index (χ1n) is 11.9. The monoisotopic (exact) mass is 534 g/mol. The van der Waals surface area contributed by atoms with E-state index in [9.17, 15) is 0 Å². The summed E-state index contributed by atoms with van der Waals surface area (Å²) in [4.78, 5) is 43.2. The van der Waals surface area contributed by atoms with E-state index < -0.39 is 23.9 Å². The molecule has 2 aromatic rings. The number of hydrogen-bond donors (Lipinski definition) is 6. The minimum Gasteiger partial charge on any atom is -0.494 e. The van der Waals surface area contributed by atoms with Crippen molar-refractivity contribution in [1.29, 1.82) is 0 Å². The zero-order valence-electron chi connectivity index (χ0n) is 20.9. The van der Waals surface area contributed by atoms with Gasteiger partial charge < -0.3 is 41.1 Å². The second kappa shape index (κ2) is 17.9. The third-order valence-corrected chi connectivity index (χ3v) is 5.13. The number of rotatable bonds is 9. The molecule has 0 spiro atoms. The summed E-state index contributed by atoms with van der Waals surface area (Å²) >= 11 is 0. The minimum absolute atomic E-state index is 0.682. The molecule has 0 radical (unpaired) electrons. The topological polar surface area (TPSA) is 213 Å². The number of anilines is 2. The van der Waals surface area contributed by atoms with Gasteiger partial charge in [-0.15, -0.1) is 0 Å². The fourth-order valence-electron chi connectivity index (χ4n) is 3.26. The Hall–Kier alpha value is -4.39. The first kappa shape index (κ1) is 31.6. The van der Waals surface area contributed by atoms with Gasteiger partial charge in [-0.25, -0.2) is 24.2 Å². The van der Waals surface area contributed by atoms with Crippen LogP contribution in [0.2, 0.25) is 0 Å². The van der Waals surface area contributed by atoms with Gasteiger partial charge in [-0.05, 0) is 68.6 Å². The predicted molar refractivity (Wildman–Crippen MR) is 138 cm³/mol. The fraction of sp³-hybridized carbons (Fsp3) is 0.400. The van der Waals surface area contributed by atoms with Gasteiger partial charge in [0.05, 0.1) is 18.5 Å². The van der Waals surface area contributed by atoms with Gasteiger partial charge in [0.1, 0.15) is 11.6 Å². The van der Waals surface area contributed by atoms with Crippen molar-refractivity contribution in [3.8, 4) is 5.75 Å². The van der Waals surface area contributed by atoms with Crippen LogP contribution in [0.25, 0.3) is 0 Å². The molecule has 1 aliphatic rings. The number of hydrogen-bond acceptors (Lipinski definition) is 9. The summed E-state index contributed by atoms with van der Waals surface area (Å²) in [6, 6.07) is 12.2. The van der Waals surface area contributed by atoms with E-state index >= 15 is 0 Å². The zero-order valence-corrected chi connectivity index (χ0v) is 20.9. The molecular weight excluding hydrogens is 500 g/mol. The largest absolute Gasteiger partial charge is 0.494 e. The number of piperidine rings is 1. The highest BCUT2D eigenvalue weighted by Gasteiger charge is 2.09. The lowest BCUT2D eigenvalue weighted by molar-refractivity contribution is -0.159. The standard InChI is InChI=1S/C21H30N4O.2C2H2O4/c22-19-7-10-21(24-17-19)23-12-11-18-5-8-20(9-6-18)26-16-4-15-25-13-2-1-3-14-25;2*3-1(4)2(5)6/h5-10,17H,1-4,11-16,22H2,(H,23,24);2*(H,3,4)(H,5,6). The minimum atomic E-state index is -1.82. The number of likely N-dealkylation sites (tertiary alicyclic amines) is 1. The molecule has 13 heteroatoms. The molecule has 0 saturated carbocycles. The molecule has 0 amide bonds. The van der Waals surface area contributed by atoms with Crippen molar-refractivity contribution >= 4 is 35.4 Å². The van der Waals surface area contributed by atoms with E-state index in [1.807, 2.05) is 12.1 Å².